The van der Waals surface area contributed by atoms with E-state index in [-0.39, 0.29) is 11.5 Å². The van der Waals surface area contributed by atoms with E-state index in [4.69, 9.17) is 4.99 Å². The van der Waals surface area contributed by atoms with Gasteiger partial charge in [-0.15, -0.1) is 0 Å². The number of halogens is 3. The van der Waals surface area contributed by atoms with Gasteiger partial charge in [0.2, 0.25) is 0 Å². The van der Waals surface area contributed by atoms with E-state index < -0.39 is 6.18 Å². The first-order valence-electron chi connectivity index (χ1n) is 14.1. The Morgan fingerprint density at radius 1 is 1.17 bits per heavy atom. The number of rotatable bonds is 8. The van der Waals surface area contributed by atoms with Crippen LogP contribution in [0.15, 0.2) is 86.2 Å². The van der Waals surface area contributed by atoms with E-state index >= 15 is 0 Å². The fourth-order valence-electron chi connectivity index (χ4n) is 5.55. The number of aliphatic imine (C=N–C) groups is 1. The van der Waals surface area contributed by atoms with E-state index in [2.05, 4.69) is 23.4 Å². The summed E-state index contributed by atoms with van der Waals surface area (Å²) >= 11 is 1.41. The van der Waals surface area contributed by atoms with Crippen molar-refractivity contribution in [1.82, 2.24) is 20.0 Å². The van der Waals surface area contributed by atoms with Crippen molar-refractivity contribution in [2.24, 2.45) is 4.99 Å². The summed E-state index contributed by atoms with van der Waals surface area (Å²) in [6.45, 7) is 16.7. The minimum absolute atomic E-state index is 0.00221. The maximum absolute atomic E-state index is 13.5. The summed E-state index contributed by atoms with van der Waals surface area (Å²) < 4.78 is 37.8. The van der Waals surface area contributed by atoms with Gasteiger partial charge in [-0.05, 0) is 57.3 Å². The number of hydrogen-bond donors (Lipinski definition) is 1. The lowest BCUT2D eigenvalue weighted by molar-refractivity contribution is -0.127. The van der Waals surface area contributed by atoms with Crippen molar-refractivity contribution in [3.8, 4) is 0 Å². The Morgan fingerprint density at radius 2 is 1.83 bits per heavy atom. The summed E-state index contributed by atoms with van der Waals surface area (Å²) in [5, 5.41) is 4.36. The molecule has 0 radical (unpaired) electrons. The molecular weight excluding hydrogens is 547 g/mol. The highest BCUT2D eigenvalue weighted by Crippen LogP contribution is 2.44. The third-order valence-corrected chi connectivity index (χ3v) is 9.02. The minimum atomic E-state index is -4.34. The third-order valence-electron chi connectivity index (χ3n) is 7.75. The number of piperazine rings is 1. The molecule has 0 atom stereocenters. The fourth-order valence-corrected chi connectivity index (χ4v) is 6.62. The number of nitrogens with zero attached hydrogens (tertiary/aromatic N) is 4. The highest BCUT2D eigenvalue weighted by atomic mass is 32.2. The average molecular weight is 588 g/mol. The monoisotopic (exact) mass is 587 g/mol. The molecule has 0 aromatic heterocycles. The first-order valence-corrected chi connectivity index (χ1v) is 15.0. The van der Waals surface area contributed by atoms with Gasteiger partial charge in [-0.1, -0.05) is 49.9 Å². The van der Waals surface area contributed by atoms with Gasteiger partial charge in [0.25, 0.3) is 5.91 Å². The average Bonchev–Trinajstić information content (AvgIpc) is 3.42. The van der Waals surface area contributed by atoms with Gasteiger partial charge >= 0.3 is 6.18 Å². The zero-order valence-electron chi connectivity index (χ0n) is 24.2. The normalized spacial score (nSPS) is 21.4. The molecule has 1 amide bonds. The van der Waals surface area contributed by atoms with Gasteiger partial charge in [0, 0.05) is 61.0 Å². The molecule has 41 heavy (non-hydrogen) atoms. The Labute approximate surface area is 245 Å². The number of amides is 1. The Balaban J connectivity index is 1.32. The smallest absolute Gasteiger partial charge is 0.385 e. The van der Waals surface area contributed by atoms with E-state index in [1.54, 1.807) is 12.4 Å². The Kier molecular flexibility index (Phi) is 9.94. The van der Waals surface area contributed by atoms with Gasteiger partial charge in [-0.25, -0.2) is 4.99 Å². The molecule has 1 N–H and O–H groups in total. The predicted octanol–water partition coefficient (Wildman–Crippen LogP) is 6.63. The topological polar surface area (TPSA) is 51.2 Å². The van der Waals surface area contributed by atoms with Crippen LogP contribution in [0.4, 0.5) is 13.2 Å². The number of allylic oxidation sites excluding steroid dienone is 7. The van der Waals surface area contributed by atoms with Gasteiger partial charge in [-0.2, -0.15) is 13.2 Å². The maximum atomic E-state index is 13.5. The van der Waals surface area contributed by atoms with Crippen LogP contribution in [0.5, 0.6) is 0 Å². The summed E-state index contributed by atoms with van der Waals surface area (Å²) in [7, 11) is 0. The lowest BCUT2D eigenvalue weighted by Gasteiger charge is -2.38. The molecule has 6 nitrogen and oxygen atoms in total. The lowest BCUT2D eigenvalue weighted by atomic mass is 10.0. The molecule has 10 heteroatoms. The van der Waals surface area contributed by atoms with Crippen LogP contribution in [0.1, 0.15) is 52.9 Å². The number of nitrogens with one attached hydrogen (secondary N) is 1. The molecule has 4 aliphatic rings. The minimum Gasteiger partial charge on any atom is -0.385 e. The summed E-state index contributed by atoms with van der Waals surface area (Å²) in [4.78, 5) is 24.9. The molecule has 1 aliphatic carbocycles. The first kappa shape index (κ1) is 30.8. The summed E-state index contributed by atoms with van der Waals surface area (Å²) in [5.41, 5.74) is 4.88. The Morgan fingerprint density at radius 3 is 2.46 bits per heavy atom. The van der Waals surface area contributed by atoms with Crippen molar-refractivity contribution in [3.63, 3.8) is 0 Å². The molecule has 0 bridgehead atoms. The first-order chi connectivity index (χ1) is 19.4. The number of thioether (sulfide) groups is 1. The molecule has 0 spiro atoms. The van der Waals surface area contributed by atoms with Crippen molar-refractivity contribution < 1.29 is 18.0 Å². The second-order valence-corrected chi connectivity index (χ2v) is 12.0. The molecule has 0 aromatic rings. The van der Waals surface area contributed by atoms with Crippen LogP contribution in [-0.2, 0) is 4.79 Å². The number of hydrogen-bond acceptors (Lipinski definition) is 6. The van der Waals surface area contributed by atoms with Crippen LogP contribution in [-0.4, -0.2) is 71.9 Å². The highest BCUT2D eigenvalue weighted by molar-refractivity contribution is 8.07. The van der Waals surface area contributed by atoms with E-state index in [1.807, 2.05) is 29.7 Å². The second-order valence-electron chi connectivity index (χ2n) is 11.0. The summed E-state index contributed by atoms with van der Waals surface area (Å²) in [6.07, 6.45) is 8.31. The number of alkyl halides is 3. The zero-order chi connectivity index (χ0) is 29.7. The van der Waals surface area contributed by atoms with Gasteiger partial charge in [0.15, 0.2) is 0 Å². The molecule has 0 aromatic carbocycles. The van der Waals surface area contributed by atoms with Crippen molar-refractivity contribution in [2.45, 2.75) is 65.1 Å². The van der Waals surface area contributed by atoms with Gasteiger partial charge in [0.05, 0.1) is 17.8 Å². The fraction of sp³-hybridized carbons (Fsp3) is 0.484. The largest absolute Gasteiger partial charge is 0.410 e. The molecule has 1 saturated carbocycles. The van der Waals surface area contributed by atoms with E-state index in [1.165, 1.54) is 50.4 Å². The molecule has 4 rings (SSSR count). The molecular formula is C31H40F3N5OS. The van der Waals surface area contributed by atoms with Crippen LogP contribution in [0.25, 0.3) is 0 Å². The molecule has 0 unspecified atom stereocenters. The lowest BCUT2D eigenvalue weighted by Crippen LogP contribution is -2.48. The SMILES string of the molecule is C=C(CN1C=NC2=C(CC(C)=C(C(=O)N3CCN(C(/C=C\C(C)=C\C(F)(F)F)=C/C)CC3)S2)C1=C)NC1CCCC1. The van der Waals surface area contributed by atoms with Crippen LogP contribution in [0, 0.1) is 0 Å². The van der Waals surface area contributed by atoms with E-state index in [0.717, 1.165) is 33.3 Å². The predicted molar refractivity (Wildman–Crippen MR) is 162 cm³/mol. The molecule has 222 valence electrons. The maximum Gasteiger partial charge on any atom is 0.410 e. The summed E-state index contributed by atoms with van der Waals surface area (Å²) in [6, 6.07) is 0.504. The molecule has 3 aliphatic heterocycles. The third kappa shape index (κ3) is 7.99. The van der Waals surface area contributed by atoms with Crippen molar-refractivity contribution in [3.05, 3.63) is 81.2 Å². The van der Waals surface area contributed by atoms with E-state index in [0.29, 0.717) is 56.2 Å². The van der Waals surface area contributed by atoms with E-state index in [9.17, 15) is 18.0 Å². The summed E-state index contributed by atoms with van der Waals surface area (Å²) in [5.74, 6) is -0.00221. The molecule has 3 heterocycles. The molecule has 1 saturated heterocycles. The highest BCUT2D eigenvalue weighted by Gasteiger charge is 2.32. The standard InChI is InChI=1S/C31H40F3N5OS/c1-6-26(12-11-21(2)18-31(32,33)34)37-13-15-38(16-14-37)30(40)28-22(3)17-27-24(5)39(20-35-29(27)41-28)19-23(4)36-25-9-7-8-10-25/h6,11-12,18,20,25,36H,4-5,7-10,13-17,19H2,1-3H3/b12-11-,21-18+,26-6+. The van der Waals surface area contributed by atoms with Crippen molar-refractivity contribution >= 4 is 24.0 Å². The van der Waals surface area contributed by atoms with Crippen molar-refractivity contribution in [2.75, 3.05) is 32.7 Å². The Bertz CT molecular complexity index is 1240. The van der Waals surface area contributed by atoms with Gasteiger partial charge < -0.3 is 20.0 Å². The van der Waals surface area contributed by atoms with Crippen LogP contribution in [0.2, 0.25) is 0 Å². The van der Waals surface area contributed by atoms with Crippen LogP contribution in [0.3, 0.4) is 0 Å². The quantitative estimate of drug-likeness (QED) is 0.324. The van der Waals surface area contributed by atoms with Gasteiger partial charge in [0.1, 0.15) is 5.03 Å². The molecule has 2 fully saturated rings. The number of carbonyl (C=O) groups is 1. The van der Waals surface area contributed by atoms with Crippen LogP contribution >= 0.6 is 11.8 Å². The van der Waals surface area contributed by atoms with Crippen molar-refractivity contribution in [1.29, 1.82) is 0 Å². The second kappa shape index (κ2) is 13.2. The zero-order valence-corrected chi connectivity index (χ0v) is 25.0. The number of carbonyl (C=O) groups excluding carboxylic acids is 1. The van der Waals surface area contributed by atoms with Crippen LogP contribution < -0.4 is 5.32 Å². The Hall–Kier alpha value is -3.14. The van der Waals surface area contributed by atoms with Gasteiger partial charge in [-0.3, -0.25) is 4.79 Å².